The van der Waals surface area contributed by atoms with Crippen molar-refractivity contribution in [3.05, 3.63) is 46.8 Å². The quantitative estimate of drug-likeness (QED) is 0.760. The largest absolute Gasteiger partial charge is 0.341 e. The van der Waals surface area contributed by atoms with Gasteiger partial charge < -0.3 is 15.5 Å². The third kappa shape index (κ3) is 5.41. The Hall–Kier alpha value is -2.74. The van der Waals surface area contributed by atoms with Gasteiger partial charge in [-0.15, -0.1) is 11.3 Å². The second kappa shape index (κ2) is 9.65. The minimum Gasteiger partial charge on any atom is -0.341 e. The number of amides is 3. The minimum atomic E-state index is -0.580. The van der Waals surface area contributed by atoms with Crippen LogP contribution in [-0.2, 0) is 9.59 Å². The Kier molecular flexibility index (Phi) is 6.98. The van der Waals surface area contributed by atoms with Crippen LogP contribution in [-0.4, -0.2) is 46.7 Å². The molecular weight excluding hydrogens is 388 g/mol. The standard InChI is InChI=1S/C21H26N4O3S/c1-14(2)18(24-20(27)16-6-5-13-29-16)21(28)25-11-8-15(9-12-25)19(26)23-17-7-3-4-10-22-17/h3-7,10,13-15,18H,8-9,11-12H2,1-2H3,(H,24,27)(H,22,23,26). The van der Waals surface area contributed by atoms with Gasteiger partial charge in [0, 0.05) is 25.2 Å². The van der Waals surface area contributed by atoms with Gasteiger partial charge >= 0.3 is 0 Å². The van der Waals surface area contributed by atoms with Crippen LogP contribution in [0.15, 0.2) is 41.9 Å². The Morgan fingerprint density at radius 1 is 1.14 bits per heavy atom. The molecule has 2 N–H and O–H groups in total. The number of likely N-dealkylation sites (tertiary alicyclic amines) is 1. The molecule has 29 heavy (non-hydrogen) atoms. The average molecular weight is 415 g/mol. The van der Waals surface area contributed by atoms with Gasteiger partial charge in [-0.05, 0) is 42.3 Å². The highest BCUT2D eigenvalue weighted by molar-refractivity contribution is 7.12. The summed E-state index contributed by atoms with van der Waals surface area (Å²) in [5.74, 6) is -0.0320. The first-order valence-electron chi connectivity index (χ1n) is 9.80. The average Bonchev–Trinajstić information content (AvgIpc) is 3.27. The highest BCUT2D eigenvalue weighted by atomic mass is 32.1. The van der Waals surface area contributed by atoms with E-state index in [0.717, 1.165) is 0 Å². The highest BCUT2D eigenvalue weighted by Gasteiger charge is 2.33. The number of hydrogen-bond acceptors (Lipinski definition) is 5. The van der Waals surface area contributed by atoms with Gasteiger partial charge in [0.2, 0.25) is 11.8 Å². The first-order valence-corrected chi connectivity index (χ1v) is 10.7. The van der Waals surface area contributed by atoms with E-state index in [0.29, 0.717) is 36.6 Å². The molecule has 8 heteroatoms. The molecule has 1 unspecified atom stereocenters. The predicted molar refractivity (Wildman–Crippen MR) is 113 cm³/mol. The Bertz CT molecular complexity index is 831. The molecular formula is C21H26N4O3S. The van der Waals surface area contributed by atoms with Crippen molar-refractivity contribution in [3.8, 4) is 0 Å². The molecule has 2 aromatic rings. The summed E-state index contributed by atoms with van der Waals surface area (Å²) in [6.45, 7) is 4.84. The number of nitrogens with zero attached hydrogens (tertiary/aromatic N) is 2. The van der Waals surface area contributed by atoms with Crippen LogP contribution >= 0.6 is 11.3 Å². The molecule has 0 bridgehead atoms. The smallest absolute Gasteiger partial charge is 0.262 e. The van der Waals surface area contributed by atoms with Gasteiger partial charge in [-0.3, -0.25) is 14.4 Å². The predicted octanol–water partition coefficient (Wildman–Crippen LogP) is 2.77. The molecule has 0 aromatic carbocycles. The second-order valence-electron chi connectivity index (χ2n) is 7.48. The monoisotopic (exact) mass is 414 g/mol. The lowest BCUT2D eigenvalue weighted by molar-refractivity contribution is -0.137. The van der Waals surface area contributed by atoms with E-state index in [9.17, 15) is 14.4 Å². The van der Waals surface area contributed by atoms with Gasteiger partial charge in [0.25, 0.3) is 5.91 Å². The Labute approximate surface area is 174 Å². The van der Waals surface area contributed by atoms with Crippen molar-refractivity contribution in [3.63, 3.8) is 0 Å². The number of rotatable bonds is 6. The molecule has 3 heterocycles. The molecule has 0 spiro atoms. The molecule has 3 amide bonds. The fourth-order valence-electron chi connectivity index (χ4n) is 3.36. The first kappa shape index (κ1) is 21.0. The maximum atomic E-state index is 13.0. The Balaban J connectivity index is 1.54. The van der Waals surface area contributed by atoms with E-state index in [4.69, 9.17) is 0 Å². The van der Waals surface area contributed by atoms with E-state index in [1.54, 1.807) is 29.3 Å². The third-order valence-corrected chi connectivity index (χ3v) is 5.93. The first-order chi connectivity index (χ1) is 14.0. The van der Waals surface area contributed by atoms with Crippen molar-refractivity contribution < 1.29 is 14.4 Å². The van der Waals surface area contributed by atoms with Crippen LogP contribution in [0.2, 0.25) is 0 Å². The summed E-state index contributed by atoms with van der Waals surface area (Å²) in [6.07, 6.45) is 2.82. The summed E-state index contributed by atoms with van der Waals surface area (Å²) >= 11 is 1.35. The number of piperidine rings is 1. The van der Waals surface area contributed by atoms with E-state index >= 15 is 0 Å². The van der Waals surface area contributed by atoms with Crippen LogP contribution in [0.1, 0.15) is 36.4 Å². The van der Waals surface area contributed by atoms with Gasteiger partial charge in [-0.1, -0.05) is 26.0 Å². The highest BCUT2D eigenvalue weighted by Crippen LogP contribution is 2.21. The van der Waals surface area contributed by atoms with E-state index < -0.39 is 6.04 Å². The molecule has 0 radical (unpaired) electrons. The number of pyridine rings is 1. The van der Waals surface area contributed by atoms with Crippen LogP contribution in [0.5, 0.6) is 0 Å². The Morgan fingerprint density at radius 3 is 2.48 bits per heavy atom. The zero-order valence-electron chi connectivity index (χ0n) is 16.6. The number of carbonyl (C=O) groups excluding carboxylic acids is 3. The Morgan fingerprint density at radius 2 is 1.90 bits per heavy atom. The molecule has 1 aliphatic heterocycles. The van der Waals surface area contributed by atoms with E-state index in [-0.39, 0.29) is 29.6 Å². The fourth-order valence-corrected chi connectivity index (χ4v) is 3.98. The van der Waals surface area contributed by atoms with E-state index in [2.05, 4.69) is 15.6 Å². The number of aromatic nitrogens is 1. The summed E-state index contributed by atoms with van der Waals surface area (Å²) in [6, 6.07) is 8.34. The van der Waals surface area contributed by atoms with Crippen molar-refractivity contribution in [2.75, 3.05) is 18.4 Å². The van der Waals surface area contributed by atoms with Crippen LogP contribution < -0.4 is 10.6 Å². The lowest BCUT2D eigenvalue weighted by Crippen LogP contribution is -2.53. The molecule has 1 fully saturated rings. The van der Waals surface area contributed by atoms with Gasteiger partial charge in [0.05, 0.1) is 4.88 Å². The molecule has 0 aliphatic carbocycles. The topological polar surface area (TPSA) is 91.4 Å². The summed E-state index contributed by atoms with van der Waals surface area (Å²) in [4.78, 5) is 44.3. The number of hydrogen-bond donors (Lipinski definition) is 2. The summed E-state index contributed by atoms with van der Waals surface area (Å²) < 4.78 is 0. The molecule has 3 rings (SSSR count). The molecule has 1 aliphatic rings. The van der Waals surface area contributed by atoms with Crippen LogP contribution in [0.25, 0.3) is 0 Å². The number of anilines is 1. The molecule has 154 valence electrons. The molecule has 1 saturated heterocycles. The minimum absolute atomic E-state index is 0.0309. The normalized spacial score (nSPS) is 15.8. The van der Waals surface area contributed by atoms with Crippen molar-refractivity contribution in [1.82, 2.24) is 15.2 Å². The number of carbonyl (C=O) groups is 3. The maximum Gasteiger partial charge on any atom is 0.262 e. The molecule has 7 nitrogen and oxygen atoms in total. The fraction of sp³-hybridized carbons (Fsp3) is 0.429. The zero-order valence-corrected chi connectivity index (χ0v) is 17.4. The zero-order chi connectivity index (χ0) is 20.8. The van der Waals surface area contributed by atoms with Crippen molar-refractivity contribution in [2.24, 2.45) is 11.8 Å². The van der Waals surface area contributed by atoms with Gasteiger partial charge in [0.15, 0.2) is 0 Å². The lowest BCUT2D eigenvalue weighted by atomic mass is 9.94. The maximum absolute atomic E-state index is 13.0. The van der Waals surface area contributed by atoms with Gasteiger partial charge in [-0.2, -0.15) is 0 Å². The van der Waals surface area contributed by atoms with Gasteiger partial charge in [-0.25, -0.2) is 4.98 Å². The molecule has 0 saturated carbocycles. The van der Waals surface area contributed by atoms with Crippen LogP contribution in [0.3, 0.4) is 0 Å². The lowest BCUT2D eigenvalue weighted by Gasteiger charge is -2.34. The summed E-state index contributed by atoms with van der Waals surface area (Å²) in [7, 11) is 0. The second-order valence-corrected chi connectivity index (χ2v) is 8.42. The van der Waals surface area contributed by atoms with Crippen LogP contribution in [0, 0.1) is 11.8 Å². The van der Waals surface area contributed by atoms with E-state index in [1.165, 1.54) is 11.3 Å². The number of thiophene rings is 1. The van der Waals surface area contributed by atoms with Crippen molar-refractivity contribution in [1.29, 1.82) is 0 Å². The molecule has 1 atom stereocenters. The van der Waals surface area contributed by atoms with Crippen molar-refractivity contribution >= 4 is 34.9 Å². The third-order valence-electron chi connectivity index (χ3n) is 5.06. The SMILES string of the molecule is CC(C)C(NC(=O)c1cccs1)C(=O)N1CCC(C(=O)Nc2ccccn2)CC1. The van der Waals surface area contributed by atoms with Crippen molar-refractivity contribution in [2.45, 2.75) is 32.7 Å². The molecule has 2 aromatic heterocycles. The number of nitrogens with one attached hydrogen (secondary N) is 2. The van der Waals surface area contributed by atoms with E-state index in [1.807, 2.05) is 31.4 Å². The summed E-state index contributed by atoms with van der Waals surface area (Å²) in [5, 5.41) is 7.54. The van der Waals surface area contributed by atoms with Gasteiger partial charge in [0.1, 0.15) is 11.9 Å². The van der Waals surface area contributed by atoms with Crippen LogP contribution in [0.4, 0.5) is 5.82 Å². The summed E-state index contributed by atoms with van der Waals surface area (Å²) in [5.41, 5.74) is 0.